The summed E-state index contributed by atoms with van der Waals surface area (Å²) in [5.41, 5.74) is -2.43. The van der Waals surface area contributed by atoms with Crippen LogP contribution in [0.3, 0.4) is 0 Å². The van der Waals surface area contributed by atoms with Gasteiger partial charge in [0.25, 0.3) is 0 Å². The summed E-state index contributed by atoms with van der Waals surface area (Å²) in [5, 5.41) is 14.9. The number of hydrogen-bond donors (Lipinski definition) is 3. The van der Waals surface area contributed by atoms with Gasteiger partial charge in [-0.25, -0.2) is 9.59 Å². The molecule has 18 heavy (non-hydrogen) atoms. The Labute approximate surface area is 108 Å². The van der Waals surface area contributed by atoms with E-state index in [4.69, 9.17) is 4.74 Å². The zero-order valence-corrected chi connectivity index (χ0v) is 12.0. The first-order chi connectivity index (χ1) is 7.94. The standard InChI is InChI=1S/C12H24N2O4/c1-8(2)14-10(16)13-7-12(6,17)9(15)18-11(3,4)5/h8,17H,7H2,1-6H3,(H2,13,14,16)/t12-/m0/s1. The van der Waals surface area contributed by atoms with Crippen molar-refractivity contribution in [2.75, 3.05) is 6.54 Å². The second kappa shape index (κ2) is 6.04. The molecule has 0 rings (SSSR count). The number of rotatable bonds is 4. The predicted molar refractivity (Wildman–Crippen MR) is 68.1 cm³/mol. The molecule has 3 N–H and O–H groups in total. The Balaban J connectivity index is 4.30. The summed E-state index contributed by atoms with van der Waals surface area (Å²) in [6, 6.07) is -0.453. The lowest BCUT2D eigenvalue weighted by molar-refractivity contribution is -0.174. The van der Waals surface area contributed by atoms with Gasteiger partial charge in [-0.15, -0.1) is 0 Å². The summed E-state index contributed by atoms with van der Waals surface area (Å²) in [5.74, 6) is -0.764. The van der Waals surface area contributed by atoms with E-state index in [-0.39, 0.29) is 12.6 Å². The molecule has 0 aromatic heterocycles. The number of amides is 2. The largest absolute Gasteiger partial charge is 0.458 e. The fraction of sp³-hybridized carbons (Fsp3) is 0.833. The number of nitrogens with one attached hydrogen (secondary N) is 2. The van der Waals surface area contributed by atoms with Crippen LogP contribution in [0.15, 0.2) is 0 Å². The molecule has 2 amide bonds. The maximum absolute atomic E-state index is 11.7. The van der Waals surface area contributed by atoms with E-state index in [0.717, 1.165) is 0 Å². The molecule has 0 bridgehead atoms. The minimum atomic E-state index is -1.75. The number of ether oxygens (including phenoxy) is 1. The molecule has 0 aliphatic heterocycles. The Morgan fingerprint density at radius 3 is 2.11 bits per heavy atom. The van der Waals surface area contributed by atoms with Crippen molar-refractivity contribution in [3.63, 3.8) is 0 Å². The zero-order chi connectivity index (χ0) is 14.6. The molecule has 1 atom stereocenters. The molecule has 0 unspecified atom stereocenters. The lowest BCUT2D eigenvalue weighted by Crippen LogP contribution is -2.51. The average molecular weight is 260 g/mol. The third kappa shape index (κ3) is 7.11. The number of aliphatic hydroxyl groups is 1. The smallest absolute Gasteiger partial charge is 0.340 e. The van der Waals surface area contributed by atoms with E-state index in [1.807, 2.05) is 13.8 Å². The van der Waals surface area contributed by atoms with Gasteiger partial charge in [0, 0.05) is 6.04 Å². The Bertz CT molecular complexity index is 306. The summed E-state index contributed by atoms with van der Waals surface area (Å²) in [6.45, 7) is 9.84. The van der Waals surface area contributed by atoms with Crippen molar-refractivity contribution in [1.29, 1.82) is 0 Å². The van der Waals surface area contributed by atoms with Crippen molar-refractivity contribution < 1.29 is 19.4 Å². The number of hydrogen-bond acceptors (Lipinski definition) is 4. The molecule has 0 aliphatic carbocycles. The van der Waals surface area contributed by atoms with Crippen LogP contribution in [0.2, 0.25) is 0 Å². The van der Waals surface area contributed by atoms with Crippen molar-refractivity contribution in [3.8, 4) is 0 Å². The van der Waals surface area contributed by atoms with Gasteiger partial charge in [0.15, 0.2) is 5.60 Å². The van der Waals surface area contributed by atoms with Crippen molar-refractivity contribution in [2.45, 2.75) is 58.8 Å². The summed E-state index contributed by atoms with van der Waals surface area (Å²) in [4.78, 5) is 23.0. The molecule has 6 nitrogen and oxygen atoms in total. The monoisotopic (exact) mass is 260 g/mol. The highest BCUT2D eigenvalue weighted by molar-refractivity contribution is 5.81. The molecule has 6 heteroatoms. The molecule has 0 heterocycles. The molecule has 0 spiro atoms. The number of urea groups is 1. The first kappa shape index (κ1) is 16.7. The van der Waals surface area contributed by atoms with E-state index >= 15 is 0 Å². The van der Waals surface area contributed by atoms with Crippen molar-refractivity contribution >= 4 is 12.0 Å². The normalized spacial score (nSPS) is 14.9. The van der Waals surface area contributed by atoms with Gasteiger partial charge in [0.2, 0.25) is 0 Å². The molecule has 0 aliphatic rings. The van der Waals surface area contributed by atoms with Crippen molar-refractivity contribution in [2.24, 2.45) is 0 Å². The summed E-state index contributed by atoms with van der Waals surface area (Å²) >= 11 is 0. The summed E-state index contributed by atoms with van der Waals surface area (Å²) in [6.07, 6.45) is 0. The Morgan fingerprint density at radius 1 is 1.22 bits per heavy atom. The van der Waals surface area contributed by atoms with Gasteiger partial charge in [-0.1, -0.05) is 0 Å². The van der Waals surface area contributed by atoms with Gasteiger partial charge < -0.3 is 20.5 Å². The minimum Gasteiger partial charge on any atom is -0.458 e. The van der Waals surface area contributed by atoms with E-state index < -0.39 is 23.2 Å². The molecule has 0 aromatic rings. The van der Waals surface area contributed by atoms with E-state index in [1.165, 1.54) is 6.92 Å². The molecular weight excluding hydrogens is 236 g/mol. The predicted octanol–water partition coefficient (Wildman–Crippen LogP) is 0.787. The quantitative estimate of drug-likeness (QED) is 0.652. The molecule has 106 valence electrons. The van der Waals surface area contributed by atoms with E-state index in [9.17, 15) is 14.7 Å². The third-order valence-corrected chi connectivity index (χ3v) is 1.85. The van der Waals surface area contributed by atoms with Crippen LogP contribution >= 0.6 is 0 Å². The van der Waals surface area contributed by atoms with Crippen LogP contribution in [-0.4, -0.2) is 40.9 Å². The second-order valence-corrected chi connectivity index (χ2v) is 5.76. The molecule has 0 aromatic carbocycles. The van der Waals surface area contributed by atoms with Crippen LogP contribution in [0, 0.1) is 0 Å². The topological polar surface area (TPSA) is 87.7 Å². The lowest BCUT2D eigenvalue weighted by Gasteiger charge is -2.27. The highest BCUT2D eigenvalue weighted by atomic mass is 16.6. The summed E-state index contributed by atoms with van der Waals surface area (Å²) in [7, 11) is 0. The molecular formula is C12H24N2O4. The lowest BCUT2D eigenvalue weighted by atomic mass is 10.1. The maximum atomic E-state index is 11.7. The van der Waals surface area contributed by atoms with Gasteiger partial charge >= 0.3 is 12.0 Å². The van der Waals surface area contributed by atoms with Crippen molar-refractivity contribution in [1.82, 2.24) is 10.6 Å². The SMILES string of the molecule is CC(C)NC(=O)NC[C@](C)(O)C(=O)OC(C)(C)C. The average Bonchev–Trinajstić information content (AvgIpc) is 2.11. The maximum Gasteiger partial charge on any atom is 0.340 e. The molecule has 0 fully saturated rings. The van der Waals surface area contributed by atoms with Crippen LogP contribution < -0.4 is 10.6 Å². The highest BCUT2D eigenvalue weighted by Gasteiger charge is 2.35. The Morgan fingerprint density at radius 2 is 1.72 bits per heavy atom. The van der Waals surface area contributed by atoms with Gasteiger partial charge in [-0.05, 0) is 41.5 Å². The van der Waals surface area contributed by atoms with E-state index in [2.05, 4.69) is 10.6 Å². The van der Waals surface area contributed by atoms with Gasteiger partial charge in [-0.3, -0.25) is 0 Å². The van der Waals surface area contributed by atoms with Gasteiger partial charge in [0.05, 0.1) is 6.54 Å². The third-order valence-electron chi connectivity index (χ3n) is 1.85. The number of carbonyl (C=O) groups excluding carboxylic acids is 2. The number of esters is 1. The highest BCUT2D eigenvalue weighted by Crippen LogP contribution is 2.13. The fourth-order valence-electron chi connectivity index (χ4n) is 1.03. The zero-order valence-electron chi connectivity index (χ0n) is 12.0. The van der Waals surface area contributed by atoms with Crippen LogP contribution in [0.1, 0.15) is 41.5 Å². The number of carbonyl (C=O) groups is 2. The molecule has 0 saturated heterocycles. The second-order valence-electron chi connectivity index (χ2n) is 5.76. The van der Waals surface area contributed by atoms with Crippen LogP contribution in [0.5, 0.6) is 0 Å². The molecule has 0 radical (unpaired) electrons. The van der Waals surface area contributed by atoms with E-state index in [0.29, 0.717) is 0 Å². The minimum absolute atomic E-state index is 0.0172. The Kier molecular flexibility index (Phi) is 5.60. The summed E-state index contributed by atoms with van der Waals surface area (Å²) < 4.78 is 5.06. The molecule has 0 saturated carbocycles. The first-order valence-electron chi connectivity index (χ1n) is 5.94. The van der Waals surface area contributed by atoms with Crippen LogP contribution in [0.25, 0.3) is 0 Å². The first-order valence-corrected chi connectivity index (χ1v) is 5.94. The van der Waals surface area contributed by atoms with Crippen LogP contribution in [-0.2, 0) is 9.53 Å². The van der Waals surface area contributed by atoms with Gasteiger partial charge in [0.1, 0.15) is 5.60 Å². The Hall–Kier alpha value is -1.30. The van der Waals surface area contributed by atoms with Crippen molar-refractivity contribution in [3.05, 3.63) is 0 Å². The van der Waals surface area contributed by atoms with Crippen LogP contribution in [0.4, 0.5) is 4.79 Å². The van der Waals surface area contributed by atoms with E-state index in [1.54, 1.807) is 20.8 Å². The fourth-order valence-corrected chi connectivity index (χ4v) is 1.03. The van der Waals surface area contributed by atoms with Gasteiger partial charge in [-0.2, -0.15) is 0 Å².